The predicted octanol–water partition coefficient (Wildman–Crippen LogP) is 4.76. The molecular weight excluding hydrogens is 388 g/mol. The molecule has 4 aliphatic carbocycles. The SMILES string of the molecule is C[C@@H]1CC[C@@]2(OC1)O[C@H]1C[C@H]3[C@@H]4CC[C@@H]5C[C@@H](O)[C@@H](O)C[C@]5(C)[C@H]4CC[C@]3(C)[C@H]1[C@H]2C. The highest BCUT2D eigenvalue weighted by Crippen LogP contribution is 2.71. The monoisotopic (exact) mass is 432 g/mol. The van der Waals surface area contributed by atoms with E-state index >= 15 is 0 Å². The summed E-state index contributed by atoms with van der Waals surface area (Å²) in [6.07, 6.45) is 9.51. The number of fused-ring (bicyclic) bond motifs is 7. The number of rotatable bonds is 0. The van der Waals surface area contributed by atoms with Crippen molar-refractivity contribution in [3.63, 3.8) is 0 Å². The maximum atomic E-state index is 10.6. The van der Waals surface area contributed by atoms with Gasteiger partial charge in [-0.25, -0.2) is 0 Å². The van der Waals surface area contributed by atoms with Gasteiger partial charge in [-0.15, -0.1) is 0 Å². The Morgan fingerprint density at radius 1 is 0.839 bits per heavy atom. The molecule has 0 aromatic heterocycles. The zero-order chi connectivity index (χ0) is 21.8. The number of aliphatic hydroxyl groups excluding tert-OH is 2. The van der Waals surface area contributed by atoms with Crippen molar-refractivity contribution >= 4 is 0 Å². The lowest BCUT2D eigenvalue weighted by atomic mass is 9.44. The first kappa shape index (κ1) is 21.4. The Labute approximate surface area is 188 Å². The summed E-state index contributed by atoms with van der Waals surface area (Å²) in [6, 6.07) is 0. The highest BCUT2D eigenvalue weighted by Gasteiger charge is 2.69. The summed E-state index contributed by atoms with van der Waals surface area (Å²) in [5.74, 6) is 4.21. The third kappa shape index (κ3) is 2.80. The molecule has 2 aliphatic heterocycles. The van der Waals surface area contributed by atoms with Gasteiger partial charge in [0.15, 0.2) is 5.79 Å². The Bertz CT molecular complexity index is 716. The van der Waals surface area contributed by atoms with Crippen LogP contribution in [0.15, 0.2) is 0 Å². The minimum atomic E-state index is -0.537. The third-order valence-electron chi connectivity index (χ3n) is 12.0. The highest BCUT2D eigenvalue weighted by molar-refractivity contribution is 5.15. The molecule has 1 spiro atoms. The van der Waals surface area contributed by atoms with Gasteiger partial charge in [-0.2, -0.15) is 0 Å². The molecule has 6 rings (SSSR count). The van der Waals surface area contributed by atoms with E-state index in [9.17, 15) is 10.2 Å². The first-order chi connectivity index (χ1) is 14.7. The summed E-state index contributed by atoms with van der Waals surface area (Å²) in [5, 5.41) is 20.9. The largest absolute Gasteiger partial charge is 0.390 e. The molecule has 176 valence electrons. The predicted molar refractivity (Wildman–Crippen MR) is 119 cm³/mol. The molecule has 0 bridgehead atoms. The molecule has 2 heterocycles. The number of ether oxygens (including phenoxy) is 2. The van der Waals surface area contributed by atoms with E-state index in [0.717, 1.165) is 37.7 Å². The fraction of sp³-hybridized carbons (Fsp3) is 1.00. The molecule has 2 saturated heterocycles. The van der Waals surface area contributed by atoms with Crippen LogP contribution >= 0.6 is 0 Å². The quantitative estimate of drug-likeness (QED) is 0.579. The van der Waals surface area contributed by atoms with E-state index in [-0.39, 0.29) is 11.2 Å². The fourth-order valence-electron chi connectivity index (χ4n) is 10.3. The van der Waals surface area contributed by atoms with Crippen molar-refractivity contribution in [1.29, 1.82) is 0 Å². The van der Waals surface area contributed by atoms with Crippen LogP contribution in [0.3, 0.4) is 0 Å². The van der Waals surface area contributed by atoms with Crippen molar-refractivity contribution < 1.29 is 19.7 Å². The number of aliphatic hydroxyl groups is 2. The van der Waals surface area contributed by atoms with Crippen molar-refractivity contribution in [2.75, 3.05) is 6.61 Å². The molecule has 0 aromatic rings. The Kier molecular flexibility index (Phi) is 4.78. The van der Waals surface area contributed by atoms with Crippen molar-refractivity contribution in [2.24, 2.45) is 52.3 Å². The zero-order valence-electron chi connectivity index (χ0n) is 20.1. The van der Waals surface area contributed by atoms with Crippen LogP contribution in [0.5, 0.6) is 0 Å². The molecule has 0 radical (unpaired) electrons. The first-order valence-electron chi connectivity index (χ1n) is 13.4. The number of hydrogen-bond donors (Lipinski definition) is 2. The zero-order valence-corrected chi connectivity index (χ0v) is 20.1. The average Bonchev–Trinajstić information content (AvgIpc) is 3.16. The van der Waals surface area contributed by atoms with Crippen LogP contribution in [-0.2, 0) is 9.47 Å². The smallest absolute Gasteiger partial charge is 0.171 e. The van der Waals surface area contributed by atoms with Gasteiger partial charge in [0.2, 0.25) is 0 Å². The van der Waals surface area contributed by atoms with Crippen LogP contribution < -0.4 is 0 Å². The summed E-state index contributed by atoms with van der Waals surface area (Å²) < 4.78 is 13.3. The lowest BCUT2D eigenvalue weighted by Gasteiger charge is -2.61. The summed E-state index contributed by atoms with van der Waals surface area (Å²) in [5.41, 5.74) is 0.550. The third-order valence-corrected chi connectivity index (χ3v) is 12.0. The molecule has 6 fully saturated rings. The van der Waals surface area contributed by atoms with Crippen LogP contribution in [0.25, 0.3) is 0 Å². The topological polar surface area (TPSA) is 58.9 Å². The summed E-state index contributed by atoms with van der Waals surface area (Å²) >= 11 is 0. The van der Waals surface area contributed by atoms with Crippen molar-refractivity contribution in [3.05, 3.63) is 0 Å². The fourth-order valence-corrected chi connectivity index (χ4v) is 10.3. The van der Waals surface area contributed by atoms with Crippen LogP contribution in [0.2, 0.25) is 0 Å². The Balaban J connectivity index is 1.26. The van der Waals surface area contributed by atoms with Gasteiger partial charge in [0.1, 0.15) is 0 Å². The summed E-state index contributed by atoms with van der Waals surface area (Å²) in [7, 11) is 0. The van der Waals surface area contributed by atoms with Gasteiger partial charge >= 0.3 is 0 Å². The van der Waals surface area contributed by atoms with Gasteiger partial charge < -0.3 is 19.7 Å². The maximum Gasteiger partial charge on any atom is 0.171 e. The molecule has 4 heteroatoms. The lowest BCUT2D eigenvalue weighted by Crippen LogP contribution is -2.57. The van der Waals surface area contributed by atoms with Crippen molar-refractivity contribution in [1.82, 2.24) is 0 Å². The second-order valence-corrected chi connectivity index (χ2v) is 13.2. The molecule has 13 atom stereocenters. The second-order valence-electron chi connectivity index (χ2n) is 13.2. The standard InChI is InChI=1S/C27H44O4/c1-15-7-10-27(30-14-15)16(2)24-23(31-27)12-20-18-6-5-17-11-21(28)22(29)13-26(17,4)19(18)8-9-25(20,24)3/h15-24,28-29H,5-14H2,1-4H3/t15-,16-,17-,18-,19+,20+,21-,22+,23+,24+,25+,26+,27-/m1/s1. The molecule has 0 unspecified atom stereocenters. The molecule has 0 aromatic carbocycles. The van der Waals surface area contributed by atoms with Gasteiger partial charge in [0.05, 0.1) is 24.9 Å². The van der Waals surface area contributed by atoms with Crippen molar-refractivity contribution in [2.45, 2.75) is 110 Å². The lowest BCUT2D eigenvalue weighted by molar-refractivity contribution is -0.273. The normalized spacial score (nSPS) is 63.3. The van der Waals surface area contributed by atoms with E-state index < -0.39 is 12.2 Å². The van der Waals surface area contributed by atoms with Gasteiger partial charge in [0, 0.05) is 12.3 Å². The summed E-state index contributed by atoms with van der Waals surface area (Å²) in [6.45, 7) is 10.6. The first-order valence-corrected chi connectivity index (χ1v) is 13.4. The van der Waals surface area contributed by atoms with Crippen LogP contribution in [0.4, 0.5) is 0 Å². The van der Waals surface area contributed by atoms with Crippen molar-refractivity contribution in [3.8, 4) is 0 Å². The van der Waals surface area contributed by atoms with Gasteiger partial charge in [-0.05, 0) is 97.7 Å². The highest BCUT2D eigenvalue weighted by atomic mass is 16.7. The van der Waals surface area contributed by atoms with Gasteiger partial charge in [0.25, 0.3) is 0 Å². The van der Waals surface area contributed by atoms with E-state index in [0.29, 0.717) is 41.1 Å². The van der Waals surface area contributed by atoms with Crippen LogP contribution in [0.1, 0.15) is 85.5 Å². The van der Waals surface area contributed by atoms with Gasteiger partial charge in [-0.1, -0.05) is 27.7 Å². The average molecular weight is 433 g/mol. The second kappa shape index (κ2) is 6.93. The van der Waals surface area contributed by atoms with E-state index in [4.69, 9.17) is 9.47 Å². The van der Waals surface area contributed by atoms with E-state index in [1.165, 1.54) is 38.5 Å². The van der Waals surface area contributed by atoms with E-state index in [2.05, 4.69) is 27.7 Å². The van der Waals surface area contributed by atoms with Gasteiger partial charge in [-0.3, -0.25) is 0 Å². The molecule has 6 aliphatic rings. The molecular formula is C27H44O4. The molecule has 31 heavy (non-hydrogen) atoms. The number of hydrogen-bond acceptors (Lipinski definition) is 4. The Morgan fingerprint density at radius 3 is 2.39 bits per heavy atom. The molecule has 4 nitrogen and oxygen atoms in total. The van der Waals surface area contributed by atoms with E-state index in [1.807, 2.05) is 0 Å². The molecule has 2 N–H and O–H groups in total. The minimum Gasteiger partial charge on any atom is -0.390 e. The Hall–Kier alpha value is -0.160. The van der Waals surface area contributed by atoms with E-state index in [1.54, 1.807) is 0 Å². The van der Waals surface area contributed by atoms with Crippen LogP contribution in [0, 0.1) is 52.3 Å². The molecule has 0 amide bonds. The maximum absolute atomic E-state index is 10.6. The Morgan fingerprint density at radius 2 is 1.65 bits per heavy atom. The van der Waals surface area contributed by atoms with Crippen LogP contribution in [-0.4, -0.2) is 40.9 Å². The summed E-state index contributed by atoms with van der Waals surface area (Å²) in [4.78, 5) is 0. The minimum absolute atomic E-state index is 0.191. The molecule has 4 saturated carbocycles.